The van der Waals surface area contributed by atoms with Crippen LogP contribution in [0.1, 0.15) is 48.4 Å². The van der Waals surface area contributed by atoms with E-state index in [9.17, 15) is 9.59 Å². The number of Topliss-reactive ketones (excluding diaryl/α,β-unsaturated/α-hetero) is 1. The molecule has 8 heteroatoms. The topological polar surface area (TPSA) is 80.1 Å². The molecule has 0 aliphatic carbocycles. The molecular weight excluding hydrogens is 434 g/mol. The molecule has 0 radical (unpaired) electrons. The van der Waals surface area contributed by atoms with Gasteiger partial charge in [-0.05, 0) is 69.6 Å². The number of likely N-dealkylation sites (tertiary alicyclic amines) is 1. The second kappa shape index (κ2) is 10.8. The van der Waals surface area contributed by atoms with E-state index in [1.807, 2.05) is 25.1 Å². The van der Waals surface area contributed by atoms with Gasteiger partial charge in [0.2, 0.25) is 5.91 Å². The molecule has 0 bridgehead atoms. The minimum absolute atomic E-state index is 0.000660. The zero-order valence-electron chi connectivity index (χ0n) is 19.0. The van der Waals surface area contributed by atoms with Crippen molar-refractivity contribution < 1.29 is 9.59 Å². The number of nitrogens with one attached hydrogen (secondary N) is 1. The fourth-order valence-electron chi connectivity index (χ4n) is 3.83. The highest BCUT2D eigenvalue weighted by Gasteiger charge is 2.22. The number of thioether (sulfide) groups is 1. The van der Waals surface area contributed by atoms with Crippen LogP contribution in [0.25, 0.3) is 0 Å². The third-order valence-electron chi connectivity index (χ3n) is 5.75. The third-order valence-corrected chi connectivity index (χ3v) is 6.83. The number of aromatic nitrogens is 3. The summed E-state index contributed by atoms with van der Waals surface area (Å²) in [5.41, 5.74) is 2.46. The Labute approximate surface area is 198 Å². The van der Waals surface area contributed by atoms with Crippen LogP contribution in [0, 0.1) is 0 Å². The van der Waals surface area contributed by atoms with Crippen LogP contribution in [0.15, 0.2) is 59.8 Å². The van der Waals surface area contributed by atoms with E-state index in [-0.39, 0.29) is 16.9 Å². The van der Waals surface area contributed by atoms with Gasteiger partial charge in [-0.25, -0.2) is 0 Å². The van der Waals surface area contributed by atoms with Crippen LogP contribution in [-0.4, -0.2) is 49.7 Å². The summed E-state index contributed by atoms with van der Waals surface area (Å²) in [7, 11) is 0. The first-order chi connectivity index (χ1) is 16.0. The average Bonchev–Trinajstić information content (AvgIpc) is 3.46. The van der Waals surface area contributed by atoms with Crippen LogP contribution < -0.4 is 5.32 Å². The lowest BCUT2D eigenvalue weighted by Gasteiger charge is -2.17. The fraction of sp³-hybridized carbons (Fsp3) is 0.360. The highest BCUT2D eigenvalue weighted by atomic mass is 32.2. The first-order valence-corrected chi connectivity index (χ1v) is 12.1. The summed E-state index contributed by atoms with van der Waals surface area (Å²) in [5, 5.41) is 12.2. The summed E-state index contributed by atoms with van der Waals surface area (Å²) in [6.45, 7) is 7.00. The van der Waals surface area contributed by atoms with E-state index in [0.717, 1.165) is 30.6 Å². The Morgan fingerprint density at radius 1 is 1.00 bits per heavy atom. The number of amides is 1. The van der Waals surface area contributed by atoms with Crippen molar-refractivity contribution >= 4 is 29.1 Å². The van der Waals surface area contributed by atoms with Crippen molar-refractivity contribution in [2.45, 2.75) is 50.2 Å². The van der Waals surface area contributed by atoms with E-state index in [4.69, 9.17) is 0 Å². The van der Waals surface area contributed by atoms with Gasteiger partial charge in [-0.2, -0.15) is 0 Å². The summed E-state index contributed by atoms with van der Waals surface area (Å²) < 4.78 is 2.13. The first kappa shape index (κ1) is 23.2. The minimum atomic E-state index is -0.365. The van der Waals surface area contributed by atoms with Gasteiger partial charge < -0.3 is 9.88 Å². The smallest absolute Gasteiger partial charge is 0.237 e. The number of carbonyl (C=O) groups is 2. The van der Waals surface area contributed by atoms with Crippen LogP contribution in [0.2, 0.25) is 0 Å². The van der Waals surface area contributed by atoms with Gasteiger partial charge >= 0.3 is 0 Å². The van der Waals surface area contributed by atoms with E-state index in [1.54, 1.807) is 24.3 Å². The number of ketones is 1. The summed E-state index contributed by atoms with van der Waals surface area (Å²) in [6, 6.07) is 17.2. The standard InChI is InChI=1S/C25H29N5O2S/c1-18(31)21-10-12-22(13-11-21)26-24(32)19(2)33-25-28-27-23(17-29-14-6-7-15-29)30(25)16-20-8-4-3-5-9-20/h3-5,8-13,19H,6-7,14-17H2,1-2H3,(H,26,32)/t19-/m0/s1. The Kier molecular flexibility index (Phi) is 7.57. The van der Waals surface area contributed by atoms with Crippen LogP contribution in [0.4, 0.5) is 5.69 Å². The Balaban J connectivity index is 1.47. The molecule has 0 unspecified atom stereocenters. The fourth-order valence-corrected chi connectivity index (χ4v) is 4.70. The molecule has 2 heterocycles. The van der Waals surface area contributed by atoms with E-state index >= 15 is 0 Å². The van der Waals surface area contributed by atoms with Crippen molar-refractivity contribution in [1.29, 1.82) is 0 Å². The first-order valence-electron chi connectivity index (χ1n) is 11.3. The molecule has 33 heavy (non-hydrogen) atoms. The molecule has 4 rings (SSSR count). The quantitative estimate of drug-likeness (QED) is 0.378. The third kappa shape index (κ3) is 6.09. The summed E-state index contributed by atoms with van der Waals surface area (Å²) >= 11 is 1.41. The maximum atomic E-state index is 12.8. The van der Waals surface area contributed by atoms with Crippen molar-refractivity contribution in [1.82, 2.24) is 19.7 Å². The Bertz CT molecular complexity index is 1090. The van der Waals surface area contributed by atoms with E-state index < -0.39 is 0 Å². The largest absolute Gasteiger partial charge is 0.325 e. The highest BCUT2D eigenvalue weighted by Crippen LogP contribution is 2.25. The van der Waals surface area contributed by atoms with Gasteiger partial charge in [-0.3, -0.25) is 14.5 Å². The molecule has 7 nitrogen and oxygen atoms in total. The molecule has 1 saturated heterocycles. The predicted octanol–water partition coefficient (Wildman–Crippen LogP) is 4.24. The van der Waals surface area contributed by atoms with Gasteiger partial charge in [0.15, 0.2) is 10.9 Å². The van der Waals surface area contributed by atoms with Crippen LogP contribution in [0.3, 0.4) is 0 Å². The van der Waals surface area contributed by atoms with Gasteiger partial charge in [0.1, 0.15) is 5.82 Å². The molecule has 3 aromatic rings. The van der Waals surface area contributed by atoms with Crippen molar-refractivity contribution in [2.75, 3.05) is 18.4 Å². The number of carbonyl (C=O) groups excluding carboxylic acids is 2. The zero-order valence-corrected chi connectivity index (χ0v) is 19.8. The summed E-state index contributed by atoms with van der Waals surface area (Å²) in [6.07, 6.45) is 2.44. The summed E-state index contributed by atoms with van der Waals surface area (Å²) in [4.78, 5) is 26.7. The van der Waals surface area contributed by atoms with Crippen molar-refractivity contribution in [3.05, 3.63) is 71.5 Å². The van der Waals surface area contributed by atoms with Gasteiger partial charge in [0.25, 0.3) is 0 Å². The molecule has 0 saturated carbocycles. The number of hydrogen-bond acceptors (Lipinski definition) is 6. The highest BCUT2D eigenvalue weighted by molar-refractivity contribution is 8.00. The normalized spacial score (nSPS) is 14.8. The number of rotatable bonds is 9. The minimum Gasteiger partial charge on any atom is -0.325 e. The maximum Gasteiger partial charge on any atom is 0.237 e. The second-order valence-electron chi connectivity index (χ2n) is 8.34. The van der Waals surface area contributed by atoms with Gasteiger partial charge in [-0.1, -0.05) is 42.1 Å². The predicted molar refractivity (Wildman–Crippen MR) is 130 cm³/mol. The van der Waals surface area contributed by atoms with Crippen molar-refractivity contribution in [2.24, 2.45) is 0 Å². The average molecular weight is 464 g/mol. The molecule has 1 aliphatic heterocycles. The van der Waals surface area contributed by atoms with Crippen LogP contribution in [0.5, 0.6) is 0 Å². The zero-order chi connectivity index (χ0) is 23.2. The molecular formula is C25H29N5O2S. The van der Waals surface area contributed by atoms with E-state index in [2.05, 4.69) is 37.1 Å². The number of nitrogens with zero attached hydrogens (tertiary/aromatic N) is 4. The molecule has 1 atom stereocenters. The maximum absolute atomic E-state index is 12.8. The van der Waals surface area contributed by atoms with Gasteiger partial charge in [-0.15, -0.1) is 10.2 Å². The molecule has 1 fully saturated rings. The molecule has 172 valence electrons. The second-order valence-corrected chi connectivity index (χ2v) is 9.64. The van der Waals surface area contributed by atoms with Gasteiger partial charge in [0.05, 0.1) is 18.3 Å². The van der Waals surface area contributed by atoms with E-state index in [1.165, 1.54) is 37.1 Å². The van der Waals surface area contributed by atoms with Gasteiger partial charge in [0, 0.05) is 11.3 Å². The van der Waals surface area contributed by atoms with Crippen LogP contribution in [-0.2, 0) is 17.9 Å². The lowest BCUT2D eigenvalue weighted by molar-refractivity contribution is -0.115. The number of anilines is 1. The molecule has 2 aromatic carbocycles. The lowest BCUT2D eigenvalue weighted by atomic mass is 10.1. The molecule has 1 N–H and O–H groups in total. The number of benzene rings is 2. The van der Waals surface area contributed by atoms with Crippen molar-refractivity contribution in [3.63, 3.8) is 0 Å². The Hall–Kier alpha value is -2.97. The number of hydrogen-bond donors (Lipinski definition) is 1. The van der Waals surface area contributed by atoms with Crippen LogP contribution >= 0.6 is 11.8 Å². The van der Waals surface area contributed by atoms with E-state index in [0.29, 0.717) is 17.8 Å². The molecule has 1 aromatic heterocycles. The summed E-state index contributed by atoms with van der Waals surface area (Å²) in [5.74, 6) is 0.806. The van der Waals surface area contributed by atoms with Crippen molar-refractivity contribution in [3.8, 4) is 0 Å². The SMILES string of the molecule is CC(=O)c1ccc(NC(=O)[C@H](C)Sc2nnc(CN3CCCC3)n2Cc2ccccc2)cc1. The lowest BCUT2D eigenvalue weighted by Crippen LogP contribution is -2.24. The molecule has 0 spiro atoms. The Morgan fingerprint density at radius 3 is 2.36 bits per heavy atom. The molecule has 1 aliphatic rings. The monoisotopic (exact) mass is 463 g/mol. The molecule has 1 amide bonds. The Morgan fingerprint density at radius 2 is 1.70 bits per heavy atom.